The van der Waals surface area contributed by atoms with Crippen LogP contribution < -0.4 is 0 Å². The van der Waals surface area contributed by atoms with Gasteiger partial charge in [-0.25, -0.2) is 4.98 Å². The van der Waals surface area contributed by atoms with Crippen LogP contribution in [0.4, 0.5) is 0 Å². The van der Waals surface area contributed by atoms with Crippen molar-refractivity contribution in [3.63, 3.8) is 0 Å². The first-order valence-electron chi connectivity index (χ1n) is 8.84. The molecule has 0 aliphatic heterocycles. The Hall–Kier alpha value is -3.71. The van der Waals surface area contributed by atoms with E-state index in [0.717, 1.165) is 27.3 Å². The lowest BCUT2D eigenvalue weighted by Gasteiger charge is -1.96. The third-order valence-electron chi connectivity index (χ3n) is 4.60. The van der Waals surface area contributed by atoms with Crippen molar-refractivity contribution >= 4 is 33.7 Å². The number of H-pyrrole nitrogens is 1. The number of imidazole rings is 1. The first-order chi connectivity index (χ1) is 14.2. The van der Waals surface area contributed by atoms with E-state index in [9.17, 15) is 0 Å². The molecule has 0 aliphatic carbocycles. The van der Waals surface area contributed by atoms with E-state index in [-0.39, 0.29) is 0 Å². The molecule has 4 nitrogen and oxygen atoms in total. The molecule has 0 spiro atoms. The van der Waals surface area contributed by atoms with Crippen molar-refractivity contribution < 1.29 is 0 Å². The highest BCUT2D eigenvalue weighted by Gasteiger charge is 2.12. The van der Waals surface area contributed by atoms with Gasteiger partial charge in [0.2, 0.25) is 0 Å². The number of hydrogen-bond acceptors (Lipinski definition) is 5. The Morgan fingerprint density at radius 3 is 2.03 bits per heavy atom. The van der Waals surface area contributed by atoms with E-state index in [2.05, 4.69) is 46.4 Å². The molecule has 0 unspecified atom stereocenters. The van der Waals surface area contributed by atoms with E-state index in [4.69, 9.17) is 10.5 Å². The molecule has 1 N–H and O–H groups in total. The fourth-order valence-corrected chi connectivity index (χ4v) is 5.18. The highest BCUT2D eigenvalue weighted by Crippen LogP contribution is 2.40. The Morgan fingerprint density at radius 1 is 0.690 bits per heavy atom. The van der Waals surface area contributed by atoms with Gasteiger partial charge in [0.15, 0.2) is 0 Å². The second kappa shape index (κ2) is 7.03. The number of fused-ring (bicyclic) bond motifs is 1. The van der Waals surface area contributed by atoms with Crippen LogP contribution in [0.3, 0.4) is 0 Å². The minimum absolute atomic E-state index is 0.619. The predicted molar refractivity (Wildman–Crippen MR) is 118 cm³/mol. The van der Waals surface area contributed by atoms with E-state index in [0.29, 0.717) is 11.1 Å². The number of hydrogen-bond donors (Lipinski definition) is 1. The summed E-state index contributed by atoms with van der Waals surface area (Å²) in [5.41, 5.74) is 4.12. The molecule has 5 rings (SSSR count). The number of rotatable bonds is 3. The van der Waals surface area contributed by atoms with E-state index < -0.39 is 0 Å². The van der Waals surface area contributed by atoms with E-state index in [1.807, 2.05) is 36.4 Å². The monoisotopic (exact) mass is 408 g/mol. The zero-order valence-electron chi connectivity index (χ0n) is 15.0. The molecule has 136 valence electrons. The first kappa shape index (κ1) is 17.4. The number of benzene rings is 2. The van der Waals surface area contributed by atoms with Crippen molar-refractivity contribution in [3.8, 4) is 43.0 Å². The van der Waals surface area contributed by atoms with Gasteiger partial charge in [0.05, 0.1) is 39.2 Å². The number of thiophene rings is 2. The number of aromatic amines is 1. The van der Waals surface area contributed by atoms with Gasteiger partial charge in [0.1, 0.15) is 5.82 Å². The largest absolute Gasteiger partial charge is 0.337 e. The number of nitrogens with one attached hydrogen (secondary N) is 1. The summed E-state index contributed by atoms with van der Waals surface area (Å²) in [6, 6.07) is 25.9. The van der Waals surface area contributed by atoms with Gasteiger partial charge in [-0.2, -0.15) is 10.5 Å². The van der Waals surface area contributed by atoms with Gasteiger partial charge in [-0.05, 0) is 60.2 Å². The minimum atomic E-state index is 0.619. The summed E-state index contributed by atoms with van der Waals surface area (Å²) in [5, 5.41) is 18.0. The Balaban J connectivity index is 1.45. The lowest BCUT2D eigenvalue weighted by atomic mass is 10.1. The van der Waals surface area contributed by atoms with Gasteiger partial charge in [-0.3, -0.25) is 0 Å². The zero-order valence-corrected chi connectivity index (χ0v) is 16.6. The van der Waals surface area contributed by atoms with Gasteiger partial charge in [0, 0.05) is 14.6 Å². The quantitative estimate of drug-likeness (QED) is 0.374. The molecule has 0 saturated heterocycles. The molecule has 0 aliphatic rings. The van der Waals surface area contributed by atoms with Crippen LogP contribution in [0, 0.1) is 22.7 Å². The molecule has 5 aromatic rings. The second-order valence-corrected chi connectivity index (χ2v) is 8.61. The van der Waals surface area contributed by atoms with Gasteiger partial charge in [-0.1, -0.05) is 12.1 Å². The molecule has 0 saturated carbocycles. The summed E-state index contributed by atoms with van der Waals surface area (Å²) in [7, 11) is 0. The van der Waals surface area contributed by atoms with Crippen molar-refractivity contribution in [2.45, 2.75) is 0 Å². The molecule has 3 aromatic heterocycles. The summed E-state index contributed by atoms with van der Waals surface area (Å²) in [6.45, 7) is 0. The third-order valence-corrected chi connectivity index (χ3v) is 7.02. The van der Waals surface area contributed by atoms with Crippen LogP contribution in [-0.2, 0) is 0 Å². The standard InChI is InChI=1S/C23H12N4S2/c24-12-14-1-4-16(5-2-14)19-7-8-20(28-19)21-9-10-22(29-21)23-26-17-6-3-15(13-25)11-18(17)27-23/h1-11H,(H,26,27). The molecule has 29 heavy (non-hydrogen) atoms. The smallest absolute Gasteiger partial charge is 0.148 e. The molecule has 0 amide bonds. The van der Waals surface area contributed by atoms with Gasteiger partial charge < -0.3 is 4.98 Å². The highest BCUT2D eigenvalue weighted by atomic mass is 32.1. The van der Waals surface area contributed by atoms with Crippen LogP contribution in [0.5, 0.6) is 0 Å². The average molecular weight is 409 g/mol. The minimum Gasteiger partial charge on any atom is -0.337 e. The van der Waals surface area contributed by atoms with Crippen LogP contribution >= 0.6 is 22.7 Å². The summed E-state index contributed by atoms with van der Waals surface area (Å²) < 4.78 is 0. The normalized spacial score (nSPS) is 10.7. The van der Waals surface area contributed by atoms with Crippen molar-refractivity contribution in [2.24, 2.45) is 0 Å². The summed E-state index contributed by atoms with van der Waals surface area (Å²) in [4.78, 5) is 12.6. The van der Waals surface area contributed by atoms with E-state index in [1.165, 1.54) is 14.6 Å². The molecule has 0 radical (unpaired) electrons. The molecular formula is C23H12N4S2. The maximum absolute atomic E-state index is 9.07. The fraction of sp³-hybridized carbons (Fsp3) is 0. The van der Waals surface area contributed by atoms with Crippen molar-refractivity contribution in [2.75, 3.05) is 0 Å². The Labute approximate surface area is 175 Å². The molecule has 0 fully saturated rings. The van der Waals surface area contributed by atoms with Gasteiger partial charge in [-0.15, -0.1) is 22.7 Å². The molecule has 3 heterocycles. The lowest BCUT2D eigenvalue weighted by Crippen LogP contribution is -1.74. The Kier molecular flexibility index (Phi) is 4.22. The topological polar surface area (TPSA) is 76.3 Å². The highest BCUT2D eigenvalue weighted by molar-refractivity contribution is 7.25. The SMILES string of the molecule is N#Cc1ccc(-c2ccc(-c3ccc(-c4nc5ccc(C#N)cc5[nH]4)s3)s2)cc1. The van der Waals surface area contributed by atoms with Crippen molar-refractivity contribution in [1.29, 1.82) is 10.5 Å². The maximum Gasteiger partial charge on any atom is 0.148 e. The molecule has 0 atom stereocenters. The molecule has 0 bridgehead atoms. The zero-order chi connectivity index (χ0) is 19.8. The van der Waals surface area contributed by atoms with E-state index >= 15 is 0 Å². The van der Waals surface area contributed by atoms with Crippen molar-refractivity contribution in [1.82, 2.24) is 9.97 Å². The number of nitriles is 2. The number of nitrogens with zero attached hydrogens (tertiary/aromatic N) is 3. The maximum atomic E-state index is 9.07. The van der Waals surface area contributed by atoms with Crippen LogP contribution in [0.25, 0.3) is 41.9 Å². The van der Waals surface area contributed by atoms with Crippen LogP contribution in [0.2, 0.25) is 0 Å². The van der Waals surface area contributed by atoms with Gasteiger partial charge in [0.25, 0.3) is 0 Å². The summed E-state index contributed by atoms with van der Waals surface area (Å²) >= 11 is 3.42. The third kappa shape index (κ3) is 3.21. The Bertz CT molecular complexity index is 1420. The van der Waals surface area contributed by atoms with Crippen LogP contribution in [-0.4, -0.2) is 9.97 Å². The average Bonchev–Trinajstić information content (AvgIpc) is 3.51. The van der Waals surface area contributed by atoms with E-state index in [1.54, 1.807) is 28.7 Å². The molecule has 2 aromatic carbocycles. The Morgan fingerprint density at radius 2 is 1.31 bits per heavy atom. The first-order valence-corrected chi connectivity index (χ1v) is 10.5. The summed E-state index contributed by atoms with van der Waals surface area (Å²) in [5.74, 6) is 0.815. The summed E-state index contributed by atoms with van der Waals surface area (Å²) in [6.07, 6.45) is 0. The molecular weight excluding hydrogens is 396 g/mol. The number of aromatic nitrogens is 2. The second-order valence-electron chi connectivity index (χ2n) is 6.45. The van der Waals surface area contributed by atoms with Gasteiger partial charge >= 0.3 is 0 Å². The molecule has 6 heteroatoms. The predicted octanol–water partition coefficient (Wildman–Crippen LogP) is 6.43. The van der Waals surface area contributed by atoms with Crippen molar-refractivity contribution in [3.05, 3.63) is 77.9 Å². The fourth-order valence-electron chi connectivity index (χ4n) is 3.13. The van der Waals surface area contributed by atoms with Crippen LogP contribution in [0.1, 0.15) is 11.1 Å². The lowest BCUT2D eigenvalue weighted by molar-refractivity contribution is 1.36. The van der Waals surface area contributed by atoms with Crippen LogP contribution in [0.15, 0.2) is 66.7 Å².